The molecule has 3 aromatic rings. The Kier molecular flexibility index (Phi) is 7.04. The zero-order chi connectivity index (χ0) is 24.4. The molecule has 0 unspecified atom stereocenters. The molecule has 2 aliphatic carbocycles. The van der Waals surface area contributed by atoms with Gasteiger partial charge >= 0.3 is 5.97 Å². The van der Waals surface area contributed by atoms with Gasteiger partial charge in [0.1, 0.15) is 5.01 Å². The van der Waals surface area contributed by atoms with Gasteiger partial charge in [-0.3, -0.25) is 0 Å². The second-order valence-corrected chi connectivity index (χ2v) is 11.3. The summed E-state index contributed by atoms with van der Waals surface area (Å²) in [5.74, 6) is 0.178. The van der Waals surface area contributed by atoms with Crippen LogP contribution in [0.4, 0.5) is 16.5 Å². The molecule has 2 aliphatic rings. The number of benzene rings is 2. The third kappa shape index (κ3) is 5.50. The van der Waals surface area contributed by atoms with Crippen LogP contribution in [0.1, 0.15) is 80.1 Å². The van der Waals surface area contributed by atoms with Crippen molar-refractivity contribution in [1.29, 1.82) is 0 Å². The van der Waals surface area contributed by atoms with E-state index in [0.717, 1.165) is 39.2 Å². The smallest absolute Gasteiger partial charge is 0.336 e. The van der Waals surface area contributed by atoms with E-state index in [9.17, 15) is 9.90 Å². The lowest BCUT2D eigenvalue weighted by Gasteiger charge is -2.38. The van der Waals surface area contributed by atoms with E-state index in [-0.39, 0.29) is 0 Å². The SMILES string of the molecule is CC(C)CN(c1ccc(-c2ccccc2C(=O)O)cc1Nc1nnc(C2CC2)s1)C1CCCCC1. The lowest BCUT2D eigenvalue weighted by Crippen LogP contribution is -2.39. The van der Waals surface area contributed by atoms with E-state index < -0.39 is 5.97 Å². The Labute approximate surface area is 211 Å². The second-order valence-electron chi connectivity index (χ2n) is 10.3. The van der Waals surface area contributed by atoms with Crippen molar-refractivity contribution in [3.63, 3.8) is 0 Å². The van der Waals surface area contributed by atoms with E-state index in [0.29, 0.717) is 23.4 Å². The molecule has 0 bridgehead atoms. The molecular weight excluding hydrogens is 456 g/mol. The van der Waals surface area contributed by atoms with Crippen LogP contribution in [0.2, 0.25) is 0 Å². The molecule has 0 aliphatic heterocycles. The van der Waals surface area contributed by atoms with Crippen LogP contribution in [0.25, 0.3) is 11.1 Å². The minimum absolute atomic E-state index is 0.310. The first-order chi connectivity index (χ1) is 17.0. The number of hydrogen-bond donors (Lipinski definition) is 2. The maximum absolute atomic E-state index is 11.9. The molecule has 184 valence electrons. The summed E-state index contributed by atoms with van der Waals surface area (Å²) in [5.41, 5.74) is 4.04. The molecule has 2 aromatic carbocycles. The maximum atomic E-state index is 11.9. The van der Waals surface area contributed by atoms with Crippen LogP contribution in [-0.4, -0.2) is 33.9 Å². The van der Waals surface area contributed by atoms with Gasteiger partial charge in [-0.25, -0.2) is 4.79 Å². The van der Waals surface area contributed by atoms with Crippen LogP contribution < -0.4 is 10.2 Å². The summed E-state index contributed by atoms with van der Waals surface area (Å²) in [6.07, 6.45) is 8.68. The second kappa shape index (κ2) is 10.4. The first-order valence-corrected chi connectivity index (χ1v) is 13.6. The zero-order valence-corrected chi connectivity index (χ0v) is 21.4. The lowest BCUT2D eigenvalue weighted by atomic mass is 9.92. The molecule has 7 heteroatoms. The maximum Gasteiger partial charge on any atom is 0.336 e. The van der Waals surface area contributed by atoms with Gasteiger partial charge in [0.25, 0.3) is 0 Å². The molecule has 0 radical (unpaired) electrons. The van der Waals surface area contributed by atoms with Crippen molar-refractivity contribution >= 4 is 33.8 Å². The average molecular weight is 491 g/mol. The number of carbonyl (C=O) groups is 1. The van der Waals surface area contributed by atoms with Crippen molar-refractivity contribution in [2.45, 2.75) is 70.8 Å². The quantitative estimate of drug-likeness (QED) is 0.327. The van der Waals surface area contributed by atoms with Gasteiger partial charge in [0.05, 0.1) is 16.9 Å². The number of aromatic nitrogens is 2. The standard InChI is InChI=1S/C28H34N4O2S/c1-18(2)17-32(21-8-4-3-5-9-21)25-15-14-20(22-10-6-7-11-23(22)27(33)34)16-24(25)29-28-31-30-26(35-28)19-12-13-19/h6-7,10-11,14-16,18-19,21H,3-5,8-9,12-13,17H2,1-2H3,(H,29,31)(H,33,34). The van der Waals surface area contributed by atoms with Gasteiger partial charge in [-0.15, -0.1) is 10.2 Å². The lowest BCUT2D eigenvalue weighted by molar-refractivity contribution is 0.0697. The van der Waals surface area contributed by atoms with Crippen LogP contribution in [-0.2, 0) is 0 Å². The van der Waals surface area contributed by atoms with Gasteiger partial charge in [-0.2, -0.15) is 0 Å². The molecule has 0 saturated heterocycles. The summed E-state index contributed by atoms with van der Waals surface area (Å²) >= 11 is 1.63. The van der Waals surface area contributed by atoms with Crippen molar-refractivity contribution < 1.29 is 9.90 Å². The Bertz CT molecular complexity index is 1180. The number of aromatic carboxylic acids is 1. The van der Waals surface area contributed by atoms with Gasteiger partial charge in [0.2, 0.25) is 5.13 Å². The Morgan fingerprint density at radius 3 is 2.57 bits per heavy atom. The molecule has 1 aromatic heterocycles. The monoisotopic (exact) mass is 490 g/mol. The van der Waals surface area contributed by atoms with Gasteiger partial charge in [0.15, 0.2) is 0 Å². The predicted molar refractivity (Wildman–Crippen MR) is 143 cm³/mol. The zero-order valence-electron chi connectivity index (χ0n) is 20.5. The minimum atomic E-state index is -0.916. The summed E-state index contributed by atoms with van der Waals surface area (Å²) in [5, 5.41) is 24.1. The van der Waals surface area contributed by atoms with E-state index in [1.54, 1.807) is 23.5 Å². The number of nitrogens with zero attached hydrogens (tertiary/aromatic N) is 3. The van der Waals surface area contributed by atoms with E-state index in [1.165, 1.54) is 44.9 Å². The predicted octanol–water partition coefficient (Wildman–Crippen LogP) is 7.32. The molecule has 1 heterocycles. The number of nitrogens with one attached hydrogen (secondary N) is 1. The van der Waals surface area contributed by atoms with Gasteiger partial charge in [-0.05, 0) is 60.9 Å². The van der Waals surface area contributed by atoms with Gasteiger partial charge in [-0.1, -0.05) is 68.7 Å². The summed E-state index contributed by atoms with van der Waals surface area (Å²) in [4.78, 5) is 14.5. The summed E-state index contributed by atoms with van der Waals surface area (Å²) < 4.78 is 0. The van der Waals surface area contributed by atoms with E-state index in [2.05, 4.69) is 52.5 Å². The van der Waals surface area contributed by atoms with Crippen LogP contribution >= 0.6 is 11.3 Å². The third-order valence-electron chi connectivity index (χ3n) is 6.96. The Balaban J connectivity index is 1.57. The van der Waals surface area contributed by atoms with Gasteiger partial charge < -0.3 is 15.3 Å². The molecule has 35 heavy (non-hydrogen) atoms. The molecular formula is C28H34N4O2S. The fourth-order valence-electron chi connectivity index (χ4n) is 5.10. The molecule has 6 nitrogen and oxygen atoms in total. The summed E-state index contributed by atoms with van der Waals surface area (Å²) in [7, 11) is 0. The normalized spacial score (nSPS) is 16.4. The third-order valence-corrected chi connectivity index (χ3v) is 7.96. The van der Waals surface area contributed by atoms with Crippen LogP contribution in [0.5, 0.6) is 0 Å². The highest BCUT2D eigenvalue weighted by atomic mass is 32.1. The van der Waals surface area contributed by atoms with E-state index >= 15 is 0 Å². The molecule has 5 rings (SSSR count). The number of carboxylic acid groups (broad SMARTS) is 1. The van der Waals surface area contributed by atoms with Crippen molar-refractivity contribution in [2.75, 3.05) is 16.8 Å². The average Bonchev–Trinajstić information content (AvgIpc) is 3.62. The molecule has 0 amide bonds. The summed E-state index contributed by atoms with van der Waals surface area (Å²) in [6, 6.07) is 14.0. The number of anilines is 3. The molecule has 2 fully saturated rings. The fraction of sp³-hybridized carbons (Fsp3) is 0.464. The van der Waals surface area contributed by atoms with Crippen molar-refractivity contribution in [2.24, 2.45) is 5.92 Å². The Morgan fingerprint density at radius 1 is 1.09 bits per heavy atom. The van der Waals surface area contributed by atoms with Crippen LogP contribution in [0, 0.1) is 5.92 Å². The highest BCUT2D eigenvalue weighted by Crippen LogP contribution is 2.43. The molecule has 2 saturated carbocycles. The minimum Gasteiger partial charge on any atom is -0.478 e. The van der Waals surface area contributed by atoms with E-state index in [4.69, 9.17) is 0 Å². The summed E-state index contributed by atoms with van der Waals surface area (Å²) in [6.45, 7) is 5.52. The first-order valence-electron chi connectivity index (χ1n) is 12.8. The number of hydrogen-bond acceptors (Lipinski definition) is 6. The number of carboxylic acids is 1. The van der Waals surface area contributed by atoms with Crippen molar-refractivity contribution in [3.05, 3.63) is 53.0 Å². The molecule has 0 atom stereocenters. The van der Waals surface area contributed by atoms with E-state index in [1.807, 2.05) is 12.1 Å². The van der Waals surface area contributed by atoms with Crippen LogP contribution in [0.15, 0.2) is 42.5 Å². The highest BCUT2D eigenvalue weighted by molar-refractivity contribution is 7.15. The molecule has 0 spiro atoms. The van der Waals surface area contributed by atoms with Gasteiger partial charge in [0, 0.05) is 18.5 Å². The number of rotatable bonds is 9. The van der Waals surface area contributed by atoms with Crippen LogP contribution in [0.3, 0.4) is 0 Å². The van der Waals surface area contributed by atoms with Crippen molar-refractivity contribution in [1.82, 2.24) is 10.2 Å². The Morgan fingerprint density at radius 2 is 1.86 bits per heavy atom. The largest absolute Gasteiger partial charge is 0.478 e. The fourth-order valence-corrected chi connectivity index (χ4v) is 6.03. The van der Waals surface area contributed by atoms with Crippen molar-refractivity contribution in [3.8, 4) is 11.1 Å². The highest BCUT2D eigenvalue weighted by Gasteiger charge is 2.28. The molecule has 2 N–H and O–H groups in total. The Hall–Kier alpha value is -2.93. The first kappa shape index (κ1) is 23.8. The topological polar surface area (TPSA) is 78.4 Å².